The van der Waals surface area contributed by atoms with Crippen molar-refractivity contribution in [3.63, 3.8) is 0 Å². The summed E-state index contributed by atoms with van der Waals surface area (Å²) in [6, 6.07) is 0. The van der Waals surface area contributed by atoms with Gasteiger partial charge in [-0.1, -0.05) is 20.3 Å². The van der Waals surface area contributed by atoms with Crippen LogP contribution in [-0.4, -0.2) is 0 Å². The molecule has 0 amide bonds. The monoisotopic (exact) mass is 230 g/mol. The Labute approximate surface area is 99.0 Å². The number of rotatable bonds is 0. The van der Waals surface area contributed by atoms with Crippen LogP contribution in [0.4, 0.5) is 0 Å². The topological polar surface area (TPSA) is 0 Å². The van der Waals surface area contributed by atoms with Gasteiger partial charge in [0.25, 0.3) is 0 Å². The molecule has 0 aromatic rings. The molecule has 2 rings (SSSR count). The first-order valence-corrected chi connectivity index (χ1v) is 4.85. The van der Waals surface area contributed by atoms with Gasteiger partial charge >= 0.3 is 17.1 Å². The zero-order valence-corrected chi connectivity index (χ0v) is 10.0. The van der Waals surface area contributed by atoms with Gasteiger partial charge in [-0.3, -0.25) is 12.2 Å². The second-order valence-electron chi connectivity index (χ2n) is 2.71. The molecule has 0 aliphatic heterocycles. The molecule has 0 atom stereocenters. The van der Waals surface area contributed by atoms with E-state index in [1.165, 1.54) is 6.42 Å². The van der Waals surface area contributed by atoms with Crippen molar-refractivity contribution in [2.45, 2.75) is 33.1 Å². The molecule has 0 heterocycles. The van der Waals surface area contributed by atoms with E-state index in [0.29, 0.717) is 0 Å². The second-order valence-corrected chi connectivity index (χ2v) is 2.71. The Kier molecular flexibility index (Phi) is 17.0. The third kappa shape index (κ3) is 14.0. The standard InChI is InChI=1S/2C5H5.C3H8.Fe/c2*1-2-4-5-3-1;1-3-2;/h2*1-3H,4H2;3H2,1-2H3;/q2*-1;;+2. The number of hydrogen-bond donors (Lipinski definition) is 0. The molecular weight excluding hydrogens is 212 g/mol. The van der Waals surface area contributed by atoms with Crippen molar-refractivity contribution < 1.29 is 17.1 Å². The average Bonchev–Trinajstić information content (AvgIpc) is 2.85. The van der Waals surface area contributed by atoms with Crippen molar-refractivity contribution in [1.82, 2.24) is 0 Å². The van der Waals surface area contributed by atoms with Crippen LogP contribution < -0.4 is 0 Å². The Morgan fingerprint density at radius 1 is 0.929 bits per heavy atom. The van der Waals surface area contributed by atoms with Gasteiger partial charge in [-0.2, -0.15) is 12.2 Å². The van der Waals surface area contributed by atoms with Crippen molar-refractivity contribution in [2.75, 3.05) is 0 Å². The molecule has 0 fully saturated rings. The largest absolute Gasteiger partial charge is 2.00 e. The smallest absolute Gasteiger partial charge is 0.273 e. The van der Waals surface area contributed by atoms with Crippen molar-refractivity contribution in [2.24, 2.45) is 0 Å². The van der Waals surface area contributed by atoms with Crippen molar-refractivity contribution in [3.05, 3.63) is 48.6 Å². The summed E-state index contributed by atoms with van der Waals surface area (Å²) in [4.78, 5) is 0. The van der Waals surface area contributed by atoms with Gasteiger partial charge in [0.05, 0.1) is 0 Å². The maximum absolute atomic E-state index is 2.99. The van der Waals surface area contributed by atoms with Crippen molar-refractivity contribution in [3.8, 4) is 0 Å². The summed E-state index contributed by atoms with van der Waals surface area (Å²) in [7, 11) is 0. The minimum Gasteiger partial charge on any atom is -0.273 e. The van der Waals surface area contributed by atoms with Crippen LogP contribution in [0.3, 0.4) is 0 Å². The third-order valence-electron chi connectivity index (χ3n) is 1.17. The van der Waals surface area contributed by atoms with Crippen molar-refractivity contribution in [1.29, 1.82) is 0 Å². The normalized spacial score (nSPS) is 13.9. The molecule has 2 aliphatic carbocycles. The third-order valence-corrected chi connectivity index (χ3v) is 1.17. The number of hydrogen-bond acceptors (Lipinski definition) is 0. The minimum atomic E-state index is 0. The van der Waals surface area contributed by atoms with E-state index < -0.39 is 0 Å². The van der Waals surface area contributed by atoms with E-state index >= 15 is 0 Å². The van der Waals surface area contributed by atoms with Crippen LogP contribution in [-0.2, 0) is 17.1 Å². The second kappa shape index (κ2) is 15.0. The minimum absolute atomic E-state index is 0. The van der Waals surface area contributed by atoms with E-state index in [0.717, 1.165) is 12.8 Å². The summed E-state index contributed by atoms with van der Waals surface area (Å²) in [6.07, 6.45) is 21.3. The molecule has 1 heteroatoms. The van der Waals surface area contributed by atoms with Gasteiger partial charge in [-0.05, 0) is 0 Å². The molecule has 0 aromatic heterocycles. The van der Waals surface area contributed by atoms with E-state index in [1.807, 2.05) is 24.3 Å². The van der Waals surface area contributed by atoms with Gasteiger partial charge in [-0.15, -0.1) is 12.8 Å². The molecule has 0 nitrogen and oxygen atoms in total. The van der Waals surface area contributed by atoms with Crippen molar-refractivity contribution >= 4 is 0 Å². The van der Waals surface area contributed by atoms with Crippen LogP contribution >= 0.6 is 0 Å². The first kappa shape index (κ1) is 15.9. The van der Waals surface area contributed by atoms with Gasteiger partial charge in [0, 0.05) is 0 Å². The Balaban J connectivity index is 0. The molecule has 0 radical (unpaired) electrons. The van der Waals surface area contributed by atoms with Gasteiger partial charge in [0.15, 0.2) is 0 Å². The zero-order chi connectivity index (χ0) is 9.78. The molecule has 0 saturated heterocycles. The molecule has 0 spiro atoms. The summed E-state index contributed by atoms with van der Waals surface area (Å²) in [5.41, 5.74) is 0. The van der Waals surface area contributed by atoms with E-state index in [4.69, 9.17) is 0 Å². The first-order valence-electron chi connectivity index (χ1n) is 4.85. The van der Waals surface area contributed by atoms with Crippen LogP contribution in [0.5, 0.6) is 0 Å². The van der Waals surface area contributed by atoms with Gasteiger partial charge < -0.3 is 0 Å². The predicted molar refractivity (Wildman–Crippen MR) is 59.1 cm³/mol. The number of allylic oxidation sites excluding steroid dienone is 8. The summed E-state index contributed by atoms with van der Waals surface area (Å²) < 4.78 is 0. The molecule has 0 bridgehead atoms. The Bertz CT molecular complexity index is 155. The fourth-order valence-electron chi connectivity index (χ4n) is 0.680. The molecule has 14 heavy (non-hydrogen) atoms. The first-order chi connectivity index (χ1) is 6.41. The molecule has 0 aromatic carbocycles. The maximum atomic E-state index is 2.99. The molecule has 78 valence electrons. The summed E-state index contributed by atoms with van der Waals surface area (Å²) in [5, 5.41) is 0. The Morgan fingerprint density at radius 3 is 1.36 bits per heavy atom. The molecule has 0 saturated carbocycles. The SMILES string of the molecule is CCC.[C-]1=CC=CC1.[C-]1=CC=CC1.[Fe+2]. The van der Waals surface area contributed by atoms with Gasteiger partial charge in [-0.25, -0.2) is 24.3 Å². The van der Waals surface area contributed by atoms with E-state index in [-0.39, 0.29) is 17.1 Å². The summed E-state index contributed by atoms with van der Waals surface area (Å²) in [6.45, 7) is 4.25. The van der Waals surface area contributed by atoms with Crippen LogP contribution in [0, 0.1) is 12.2 Å². The van der Waals surface area contributed by atoms with Gasteiger partial charge in [0.1, 0.15) is 0 Å². The quantitative estimate of drug-likeness (QED) is 0.435. The summed E-state index contributed by atoms with van der Waals surface area (Å²) in [5.74, 6) is 0. The fourth-order valence-corrected chi connectivity index (χ4v) is 0.680. The van der Waals surface area contributed by atoms with Gasteiger partial charge in [0.2, 0.25) is 0 Å². The van der Waals surface area contributed by atoms with Crippen LogP contribution in [0.2, 0.25) is 0 Å². The van der Waals surface area contributed by atoms with Crippen LogP contribution in [0.1, 0.15) is 33.1 Å². The van der Waals surface area contributed by atoms with E-state index in [2.05, 4.69) is 38.2 Å². The molecule has 0 unspecified atom stereocenters. The zero-order valence-electron chi connectivity index (χ0n) is 8.94. The van der Waals surface area contributed by atoms with E-state index in [9.17, 15) is 0 Å². The molecule has 0 N–H and O–H groups in total. The average molecular weight is 230 g/mol. The maximum Gasteiger partial charge on any atom is 2.00 e. The fraction of sp³-hybridized carbons (Fsp3) is 0.385. The van der Waals surface area contributed by atoms with Crippen LogP contribution in [0.25, 0.3) is 0 Å². The Morgan fingerprint density at radius 2 is 1.29 bits per heavy atom. The molecule has 2 aliphatic rings. The summed E-state index contributed by atoms with van der Waals surface area (Å²) >= 11 is 0. The predicted octanol–water partition coefficient (Wildman–Crippen LogP) is 4.03. The van der Waals surface area contributed by atoms with E-state index in [1.54, 1.807) is 0 Å². The Hall–Kier alpha value is -0.521. The molecular formula is C13H18Fe. The van der Waals surface area contributed by atoms with Crippen LogP contribution in [0.15, 0.2) is 36.5 Å².